The normalized spacial score (nSPS) is 17.6. The van der Waals surface area contributed by atoms with Crippen LogP contribution in [0.4, 0.5) is 0 Å². The number of rotatable bonds is 5. The van der Waals surface area contributed by atoms with Gasteiger partial charge < -0.3 is 10.6 Å². The van der Waals surface area contributed by atoms with Gasteiger partial charge in [-0.2, -0.15) is 0 Å². The number of nitrogens with two attached hydrogens (primary N) is 1. The zero-order chi connectivity index (χ0) is 14.5. The number of nitrogens with one attached hydrogen (secondary N) is 1. The molecule has 1 aromatic rings. The molecule has 20 heavy (non-hydrogen) atoms. The highest BCUT2D eigenvalue weighted by molar-refractivity contribution is 5.95. The van der Waals surface area contributed by atoms with E-state index in [1.165, 1.54) is 12.1 Å². The summed E-state index contributed by atoms with van der Waals surface area (Å²) >= 11 is 0. The quantitative estimate of drug-likeness (QED) is 0.635. The minimum absolute atomic E-state index is 0.147. The molecule has 0 amide bonds. The molecule has 1 saturated heterocycles. The van der Waals surface area contributed by atoms with E-state index < -0.39 is 0 Å². The lowest BCUT2D eigenvalue weighted by molar-refractivity contribution is 0.117. The Kier molecular flexibility index (Phi) is 5.15. The van der Waals surface area contributed by atoms with Gasteiger partial charge in [0.05, 0.1) is 0 Å². The van der Waals surface area contributed by atoms with Crippen molar-refractivity contribution in [2.45, 2.75) is 20.4 Å². The van der Waals surface area contributed by atoms with Crippen molar-refractivity contribution >= 4 is 5.84 Å². The Morgan fingerprint density at radius 2 is 1.85 bits per heavy atom. The number of hydrogen-bond acceptors (Lipinski definition) is 3. The summed E-state index contributed by atoms with van der Waals surface area (Å²) in [6.45, 7) is 11.3. The summed E-state index contributed by atoms with van der Waals surface area (Å²) < 4.78 is 0. The lowest BCUT2D eigenvalue weighted by Gasteiger charge is -2.35. The molecule has 1 aliphatic rings. The number of nitrogens with zero attached hydrogens (tertiary/aromatic N) is 2. The Labute approximate surface area is 122 Å². The van der Waals surface area contributed by atoms with Crippen LogP contribution in [0.25, 0.3) is 0 Å². The summed E-state index contributed by atoms with van der Waals surface area (Å²) in [5, 5.41) is 7.50. The molecule has 110 valence electrons. The minimum atomic E-state index is 0.147. The molecular formula is C16H26N4. The lowest BCUT2D eigenvalue weighted by atomic mass is 10.1. The van der Waals surface area contributed by atoms with Crippen LogP contribution in [0.15, 0.2) is 24.3 Å². The van der Waals surface area contributed by atoms with Gasteiger partial charge >= 0.3 is 0 Å². The van der Waals surface area contributed by atoms with Gasteiger partial charge in [0.1, 0.15) is 5.84 Å². The summed E-state index contributed by atoms with van der Waals surface area (Å²) in [5.74, 6) is 0.891. The van der Waals surface area contributed by atoms with Crippen LogP contribution in [0.3, 0.4) is 0 Å². The smallest absolute Gasteiger partial charge is 0.122 e. The molecule has 1 heterocycles. The van der Waals surface area contributed by atoms with Crippen molar-refractivity contribution in [2.75, 3.05) is 32.7 Å². The van der Waals surface area contributed by atoms with Crippen LogP contribution in [-0.2, 0) is 6.54 Å². The Bertz CT molecular complexity index is 448. The third-order valence-electron chi connectivity index (χ3n) is 3.73. The van der Waals surface area contributed by atoms with Crippen molar-refractivity contribution in [1.82, 2.24) is 9.80 Å². The van der Waals surface area contributed by atoms with Crippen LogP contribution < -0.4 is 5.73 Å². The van der Waals surface area contributed by atoms with Gasteiger partial charge in [0.25, 0.3) is 0 Å². The molecule has 0 saturated carbocycles. The maximum Gasteiger partial charge on any atom is 0.122 e. The van der Waals surface area contributed by atoms with Crippen LogP contribution in [0.1, 0.15) is 25.0 Å². The second-order valence-electron chi connectivity index (χ2n) is 6.08. The van der Waals surface area contributed by atoms with Gasteiger partial charge in [0, 0.05) is 44.8 Å². The second kappa shape index (κ2) is 6.86. The maximum atomic E-state index is 7.50. The molecule has 1 aromatic carbocycles. The highest BCUT2D eigenvalue weighted by Crippen LogP contribution is 2.11. The van der Waals surface area contributed by atoms with E-state index in [-0.39, 0.29) is 5.84 Å². The van der Waals surface area contributed by atoms with Crippen molar-refractivity contribution in [3.05, 3.63) is 35.4 Å². The van der Waals surface area contributed by atoms with Gasteiger partial charge in [-0.15, -0.1) is 0 Å². The van der Waals surface area contributed by atoms with Crippen molar-refractivity contribution in [2.24, 2.45) is 11.7 Å². The van der Waals surface area contributed by atoms with Gasteiger partial charge in [-0.3, -0.25) is 10.3 Å². The average Bonchev–Trinajstić information content (AvgIpc) is 2.41. The first-order valence-corrected chi connectivity index (χ1v) is 7.42. The summed E-state index contributed by atoms with van der Waals surface area (Å²) in [7, 11) is 0. The molecule has 0 aliphatic carbocycles. The largest absolute Gasteiger partial charge is 0.384 e. The molecule has 0 radical (unpaired) electrons. The molecule has 1 fully saturated rings. The molecular weight excluding hydrogens is 248 g/mol. The van der Waals surface area contributed by atoms with Gasteiger partial charge in [-0.25, -0.2) is 0 Å². The molecule has 0 bridgehead atoms. The molecule has 0 atom stereocenters. The first-order valence-electron chi connectivity index (χ1n) is 7.42. The monoisotopic (exact) mass is 274 g/mol. The van der Waals surface area contributed by atoms with Gasteiger partial charge in [0.15, 0.2) is 0 Å². The second-order valence-corrected chi connectivity index (χ2v) is 6.08. The first kappa shape index (κ1) is 15.0. The number of hydrogen-bond donors (Lipinski definition) is 2. The molecule has 0 spiro atoms. The van der Waals surface area contributed by atoms with Crippen LogP contribution in [-0.4, -0.2) is 48.4 Å². The van der Waals surface area contributed by atoms with Crippen LogP contribution in [0, 0.1) is 11.3 Å². The van der Waals surface area contributed by atoms with E-state index in [1.54, 1.807) is 0 Å². The zero-order valence-electron chi connectivity index (χ0n) is 12.6. The standard InChI is InChI=1S/C16H26N4/c1-13(2)11-19-6-8-20(9-7-19)12-14-4-3-5-15(10-14)16(17)18/h3-5,10,13H,6-9,11-12H2,1-2H3,(H3,17,18). The van der Waals surface area contributed by atoms with E-state index >= 15 is 0 Å². The number of piperazine rings is 1. The van der Waals surface area contributed by atoms with Crippen molar-refractivity contribution in [3.8, 4) is 0 Å². The summed E-state index contributed by atoms with van der Waals surface area (Å²) in [6.07, 6.45) is 0. The molecule has 0 unspecified atom stereocenters. The van der Waals surface area contributed by atoms with E-state index in [0.717, 1.165) is 44.2 Å². The van der Waals surface area contributed by atoms with Crippen LogP contribution in [0.2, 0.25) is 0 Å². The predicted octanol–water partition coefficient (Wildman–Crippen LogP) is 1.74. The third kappa shape index (κ3) is 4.32. The molecule has 0 aromatic heterocycles. The van der Waals surface area contributed by atoms with E-state index in [1.807, 2.05) is 18.2 Å². The lowest BCUT2D eigenvalue weighted by Crippen LogP contribution is -2.46. The van der Waals surface area contributed by atoms with E-state index in [2.05, 4.69) is 29.7 Å². The summed E-state index contributed by atoms with van der Waals surface area (Å²) in [4.78, 5) is 5.03. The van der Waals surface area contributed by atoms with Gasteiger partial charge in [-0.05, 0) is 17.5 Å². The predicted molar refractivity (Wildman–Crippen MR) is 84.0 cm³/mol. The van der Waals surface area contributed by atoms with E-state index in [9.17, 15) is 0 Å². The number of benzene rings is 1. The Hall–Kier alpha value is -1.39. The first-order chi connectivity index (χ1) is 9.54. The van der Waals surface area contributed by atoms with Gasteiger partial charge in [0.2, 0.25) is 0 Å². The van der Waals surface area contributed by atoms with Crippen molar-refractivity contribution in [3.63, 3.8) is 0 Å². The highest BCUT2D eigenvalue weighted by Gasteiger charge is 2.17. The average molecular weight is 274 g/mol. The minimum Gasteiger partial charge on any atom is -0.384 e. The van der Waals surface area contributed by atoms with Crippen molar-refractivity contribution in [1.29, 1.82) is 5.41 Å². The zero-order valence-corrected chi connectivity index (χ0v) is 12.6. The van der Waals surface area contributed by atoms with E-state index in [4.69, 9.17) is 11.1 Å². The van der Waals surface area contributed by atoms with E-state index in [0.29, 0.717) is 0 Å². The fourth-order valence-electron chi connectivity index (χ4n) is 2.74. The Balaban J connectivity index is 1.86. The molecule has 3 N–H and O–H groups in total. The fourth-order valence-corrected chi connectivity index (χ4v) is 2.74. The maximum absolute atomic E-state index is 7.50. The molecule has 2 rings (SSSR count). The number of nitrogen functional groups attached to an aromatic ring is 1. The Morgan fingerprint density at radius 1 is 1.20 bits per heavy atom. The molecule has 4 nitrogen and oxygen atoms in total. The topological polar surface area (TPSA) is 56.4 Å². The Morgan fingerprint density at radius 3 is 2.45 bits per heavy atom. The number of amidine groups is 1. The fraction of sp³-hybridized carbons (Fsp3) is 0.562. The molecule has 1 aliphatic heterocycles. The van der Waals surface area contributed by atoms with Crippen LogP contribution in [0.5, 0.6) is 0 Å². The SMILES string of the molecule is CC(C)CN1CCN(Cc2cccc(C(=N)N)c2)CC1. The van der Waals surface area contributed by atoms with Crippen molar-refractivity contribution < 1.29 is 0 Å². The third-order valence-corrected chi connectivity index (χ3v) is 3.73. The van der Waals surface area contributed by atoms with Crippen LogP contribution >= 0.6 is 0 Å². The van der Waals surface area contributed by atoms with Gasteiger partial charge in [-0.1, -0.05) is 32.0 Å². The summed E-state index contributed by atoms with van der Waals surface area (Å²) in [6, 6.07) is 8.03. The highest BCUT2D eigenvalue weighted by atomic mass is 15.3. The summed E-state index contributed by atoms with van der Waals surface area (Å²) in [5.41, 5.74) is 7.61. The molecule has 4 heteroatoms.